The molecule has 0 heterocycles. The average Bonchev–Trinajstić information content (AvgIpc) is 2.70. The van der Waals surface area contributed by atoms with Gasteiger partial charge in [0.05, 0.1) is 0 Å². The quantitative estimate of drug-likeness (QED) is 0.706. The molecule has 1 aliphatic rings. The maximum absolute atomic E-state index is 3.46. The Bertz CT molecular complexity index is 182. The van der Waals surface area contributed by atoms with Crippen molar-refractivity contribution in [3.63, 3.8) is 0 Å². The molecule has 0 spiro atoms. The lowest BCUT2D eigenvalue weighted by Crippen LogP contribution is -2.33. The van der Waals surface area contributed by atoms with E-state index in [1.807, 2.05) is 0 Å². The van der Waals surface area contributed by atoms with Gasteiger partial charge in [-0.25, -0.2) is 0 Å². The van der Waals surface area contributed by atoms with Crippen molar-refractivity contribution in [3.8, 4) is 0 Å². The zero-order valence-electron chi connectivity index (χ0n) is 11.5. The second kappa shape index (κ2) is 7.25. The monoisotopic (exact) mass is 227 g/mol. The Morgan fingerprint density at radius 1 is 1.06 bits per heavy atom. The van der Waals surface area contributed by atoms with Crippen LogP contribution in [0.2, 0.25) is 0 Å². The van der Waals surface area contributed by atoms with Crippen LogP contribution in [0.15, 0.2) is 0 Å². The molecule has 1 fully saturated rings. The zero-order chi connectivity index (χ0) is 12.0. The van der Waals surface area contributed by atoms with Gasteiger partial charge in [-0.05, 0) is 59.9 Å². The highest BCUT2D eigenvalue weighted by Crippen LogP contribution is 2.28. The number of hydrogen-bond donors (Lipinski definition) is 1. The third kappa shape index (κ3) is 4.81. The molecule has 0 aromatic carbocycles. The second-order valence-corrected chi connectivity index (χ2v) is 5.48. The summed E-state index contributed by atoms with van der Waals surface area (Å²) in [5.74, 6) is 0.909. The summed E-state index contributed by atoms with van der Waals surface area (Å²) in [6.07, 6.45) is 5.57. The fraction of sp³-hybridized carbons (Fsp3) is 1.00. The molecule has 0 bridgehead atoms. The van der Waals surface area contributed by atoms with E-state index in [1.165, 1.54) is 38.8 Å². The van der Waals surface area contributed by atoms with Gasteiger partial charge in [0, 0.05) is 19.1 Å². The minimum absolute atomic E-state index is 0.780. The van der Waals surface area contributed by atoms with Crippen LogP contribution in [0.5, 0.6) is 0 Å². The normalized spacial score (nSPS) is 25.9. The number of likely N-dealkylation sites (N-methyl/N-ethyl adjacent to an activating group) is 2. The van der Waals surface area contributed by atoms with E-state index in [4.69, 9.17) is 0 Å². The molecule has 2 unspecified atom stereocenters. The Balaban J connectivity index is 2.13. The Morgan fingerprint density at radius 3 is 2.44 bits per heavy atom. The molecule has 0 aromatic rings. The molecule has 0 radical (unpaired) electrons. The summed E-state index contributed by atoms with van der Waals surface area (Å²) >= 11 is 0. The van der Waals surface area contributed by atoms with Crippen molar-refractivity contribution >= 4 is 0 Å². The first kappa shape index (κ1) is 13.9. The predicted octanol–water partition coefficient (Wildman–Crippen LogP) is 1.26. The van der Waals surface area contributed by atoms with Crippen molar-refractivity contribution in [2.75, 3.05) is 47.8 Å². The van der Waals surface area contributed by atoms with E-state index in [-0.39, 0.29) is 0 Å². The molecule has 0 amide bonds. The summed E-state index contributed by atoms with van der Waals surface area (Å²) in [5, 5.41) is 3.46. The number of nitrogens with one attached hydrogen (secondary N) is 1. The van der Waals surface area contributed by atoms with Crippen molar-refractivity contribution in [3.05, 3.63) is 0 Å². The highest BCUT2D eigenvalue weighted by Gasteiger charge is 2.25. The van der Waals surface area contributed by atoms with Crippen molar-refractivity contribution in [1.82, 2.24) is 15.1 Å². The molecule has 3 heteroatoms. The van der Waals surface area contributed by atoms with E-state index >= 15 is 0 Å². The first-order valence-electron chi connectivity index (χ1n) is 6.64. The van der Waals surface area contributed by atoms with E-state index in [0.717, 1.165) is 18.5 Å². The topological polar surface area (TPSA) is 18.5 Å². The molecule has 1 aliphatic carbocycles. The van der Waals surface area contributed by atoms with Gasteiger partial charge in [0.25, 0.3) is 0 Å². The summed E-state index contributed by atoms with van der Waals surface area (Å²) in [5.41, 5.74) is 0. The summed E-state index contributed by atoms with van der Waals surface area (Å²) in [6.45, 7) is 3.59. The fourth-order valence-electron chi connectivity index (χ4n) is 2.63. The lowest BCUT2D eigenvalue weighted by atomic mass is 9.99. The van der Waals surface area contributed by atoms with E-state index in [1.54, 1.807) is 0 Å². The summed E-state index contributed by atoms with van der Waals surface area (Å²) in [4.78, 5) is 4.72. The van der Waals surface area contributed by atoms with Crippen LogP contribution in [0, 0.1) is 5.92 Å². The third-order valence-electron chi connectivity index (χ3n) is 3.84. The smallest absolute Gasteiger partial charge is 0.0106 e. The zero-order valence-corrected chi connectivity index (χ0v) is 11.5. The van der Waals surface area contributed by atoms with Crippen LogP contribution in [0.4, 0.5) is 0 Å². The molecule has 0 saturated heterocycles. The molecule has 0 aliphatic heterocycles. The Morgan fingerprint density at radius 2 is 1.81 bits per heavy atom. The molecule has 1 N–H and O–H groups in total. The van der Waals surface area contributed by atoms with Crippen LogP contribution in [0.1, 0.15) is 25.7 Å². The largest absolute Gasteiger partial charge is 0.317 e. The maximum Gasteiger partial charge on any atom is 0.0106 e. The van der Waals surface area contributed by atoms with Crippen LogP contribution in [0.25, 0.3) is 0 Å². The van der Waals surface area contributed by atoms with E-state index < -0.39 is 0 Å². The van der Waals surface area contributed by atoms with Gasteiger partial charge < -0.3 is 15.1 Å². The van der Waals surface area contributed by atoms with Crippen LogP contribution in [-0.4, -0.2) is 63.7 Å². The molecule has 16 heavy (non-hydrogen) atoms. The SMILES string of the molecule is CNC1CCCC1CCN(C)CCN(C)C. The minimum Gasteiger partial charge on any atom is -0.317 e. The Hall–Kier alpha value is -0.120. The first-order valence-corrected chi connectivity index (χ1v) is 6.64. The van der Waals surface area contributed by atoms with Gasteiger partial charge in [0.15, 0.2) is 0 Å². The molecular weight excluding hydrogens is 198 g/mol. The van der Waals surface area contributed by atoms with Gasteiger partial charge >= 0.3 is 0 Å². The number of rotatable bonds is 7. The predicted molar refractivity (Wildman–Crippen MR) is 70.9 cm³/mol. The van der Waals surface area contributed by atoms with Crippen molar-refractivity contribution in [2.24, 2.45) is 5.92 Å². The van der Waals surface area contributed by atoms with Crippen LogP contribution in [0.3, 0.4) is 0 Å². The van der Waals surface area contributed by atoms with Crippen LogP contribution < -0.4 is 5.32 Å². The van der Waals surface area contributed by atoms with Crippen molar-refractivity contribution in [1.29, 1.82) is 0 Å². The lowest BCUT2D eigenvalue weighted by molar-refractivity contribution is 0.255. The molecular formula is C13H29N3. The van der Waals surface area contributed by atoms with Crippen LogP contribution >= 0.6 is 0 Å². The Kier molecular flexibility index (Phi) is 6.32. The van der Waals surface area contributed by atoms with Gasteiger partial charge in [-0.3, -0.25) is 0 Å². The molecule has 0 aromatic heterocycles. The van der Waals surface area contributed by atoms with Gasteiger partial charge in [0.2, 0.25) is 0 Å². The Labute approximate surface area is 101 Å². The molecule has 1 saturated carbocycles. The second-order valence-electron chi connectivity index (χ2n) is 5.48. The third-order valence-corrected chi connectivity index (χ3v) is 3.84. The minimum atomic E-state index is 0.780. The summed E-state index contributed by atoms with van der Waals surface area (Å²) in [7, 11) is 8.63. The van der Waals surface area contributed by atoms with Gasteiger partial charge in [-0.1, -0.05) is 6.42 Å². The standard InChI is InChI=1S/C13H29N3/c1-14-13-7-5-6-12(13)8-9-16(4)11-10-15(2)3/h12-14H,5-11H2,1-4H3. The van der Waals surface area contributed by atoms with Crippen molar-refractivity contribution < 1.29 is 0 Å². The maximum atomic E-state index is 3.46. The van der Waals surface area contributed by atoms with Gasteiger partial charge in [0.1, 0.15) is 0 Å². The van der Waals surface area contributed by atoms with Crippen molar-refractivity contribution in [2.45, 2.75) is 31.7 Å². The fourth-order valence-corrected chi connectivity index (χ4v) is 2.63. The van der Waals surface area contributed by atoms with Crippen LogP contribution in [-0.2, 0) is 0 Å². The van der Waals surface area contributed by atoms with Gasteiger partial charge in [-0.15, -0.1) is 0 Å². The lowest BCUT2D eigenvalue weighted by Gasteiger charge is -2.23. The number of hydrogen-bond acceptors (Lipinski definition) is 3. The highest BCUT2D eigenvalue weighted by atomic mass is 15.1. The summed E-state index contributed by atoms with van der Waals surface area (Å²) in [6, 6.07) is 0.780. The molecule has 96 valence electrons. The molecule has 2 atom stereocenters. The van der Waals surface area contributed by atoms with E-state index in [0.29, 0.717) is 0 Å². The molecule has 1 rings (SSSR count). The first-order chi connectivity index (χ1) is 7.63. The highest BCUT2D eigenvalue weighted by molar-refractivity contribution is 4.82. The van der Waals surface area contributed by atoms with E-state index in [2.05, 4.69) is 43.3 Å². The van der Waals surface area contributed by atoms with E-state index in [9.17, 15) is 0 Å². The number of nitrogens with zero attached hydrogens (tertiary/aromatic N) is 2. The van der Waals surface area contributed by atoms with Gasteiger partial charge in [-0.2, -0.15) is 0 Å². The average molecular weight is 227 g/mol. The molecule has 3 nitrogen and oxygen atoms in total. The summed E-state index contributed by atoms with van der Waals surface area (Å²) < 4.78 is 0.